The van der Waals surface area contributed by atoms with E-state index in [0.29, 0.717) is 0 Å². The second-order valence-corrected chi connectivity index (χ2v) is 1.86. The first-order valence-corrected chi connectivity index (χ1v) is 3.19. The Morgan fingerprint density at radius 1 is 1.36 bits per heavy atom. The smallest absolute Gasteiger partial charge is 0.306 e. The summed E-state index contributed by atoms with van der Waals surface area (Å²) in [5, 5.41) is 8.14. The summed E-state index contributed by atoms with van der Waals surface area (Å²) in [6.45, 7) is 0.0528. The van der Waals surface area contributed by atoms with E-state index in [1.165, 1.54) is 0 Å². The molecule has 0 aromatic carbocycles. The molecule has 0 aliphatic rings. The van der Waals surface area contributed by atoms with E-state index >= 15 is 0 Å². The summed E-state index contributed by atoms with van der Waals surface area (Å²) in [6.07, 6.45) is -0.327. The average molecular weight is 160 g/mol. The van der Waals surface area contributed by atoms with E-state index in [-0.39, 0.29) is 26.0 Å². The Labute approximate surface area is 64.1 Å². The molecule has 5 nitrogen and oxygen atoms in total. The first-order chi connectivity index (χ1) is 5.16. The van der Waals surface area contributed by atoms with Gasteiger partial charge < -0.3 is 9.84 Å². The third-order valence-electron chi connectivity index (χ3n) is 0.908. The standard InChI is InChI=1S/C6H10NO4/c7-3-4-11-6(10)2-1-5(8)9/h7H,1-4H2,(H,8,9). The number of carboxylic acid groups (broad SMARTS) is 1. The predicted molar refractivity (Wildman–Crippen MR) is 35.8 cm³/mol. The Morgan fingerprint density at radius 3 is 2.45 bits per heavy atom. The zero-order valence-electron chi connectivity index (χ0n) is 6.00. The van der Waals surface area contributed by atoms with Crippen LogP contribution in [0.3, 0.4) is 0 Å². The topological polar surface area (TPSA) is 87.4 Å². The Morgan fingerprint density at radius 2 is 2.00 bits per heavy atom. The fourth-order valence-corrected chi connectivity index (χ4v) is 0.446. The zero-order valence-corrected chi connectivity index (χ0v) is 6.00. The number of nitrogens with one attached hydrogen (secondary N) is 1. The molecule has 1 radical (unpaired) electrons. The molecular weight excluding hydrogens is 150 g/mol. The fraction of sp³-hybridized carbons (Fsp3) is 0.667. The van der Waals surface area contributed by atoms with Gasteiger partial charge in [-0.3, -0.25) is 15.3 Å². The van der Waals surface area contributed by atoms with E-state index in [2.05, 4.69) is 4.74 Å². The summed E-state index contributed by atoms with van der Waals surface area (Å²) < 4.78 is 4.45. The maximum absolute atomic E-state index is 10.5. The SMILES string of the molecule is [NH]CCOC(=O)CCC(=O)O. The summed E-state index contributed by atoms with van der Waals surface area (Å²) >= 11 is 0. The highest BCUT2D eigenvalue weighted by molar-refractivity contribution is 5.76. The molecule has 2 N–H and O–H groups in total. The number of carbonyl (C=O) groups excluding carboxylic acids is 1. The quantitative estimate of drug-likeness (QED) is 0.558. The minimum atomic E-state index is -1.02. The second-order valence-electron chi connectivity index (χ2n) is 1.86. The van der Waals surface area contributed by atoms with Gasteiger partial charge >= 0.3 is 11.9 Å². The number of ether oxygens (including phenoxy) is 1. The van der Waals surface area contributed by atoms with Crippen molar-refractivity contribution in [3.8, 4) is 0 Å². The van der Waals surface area contributed by atoms with Gasteiger partial charge in [-0.2, -0.15) is 0 Å². The number of hydrogen-bond acceptors (Lipinski definition) is 3. The largest absolute Gasteiger partial charge is 0.481 e. The monoisotopic (exact) mass is 160 g/mol. The minimum Gasteiger partial charge on any atom is -0.481 e. The molecule has 63 valence electrons. The molecule has 0 bridgehead atoms. The second kappa shape index (κ2) is 5.67. The Kier molecular flexibility index (Phi) is 5.10. The molecule has 0 aliphatic heterocycles. The fourth-order valence-electron chi connectivity index (χ4n) is 0.446. The molecule has 0 spiro atoms. The Bertz CT molecular complexity index is 146. The summed E-state index contributed by atoms with van der Waals surface area (Å²) in [5.41, 5.74) is 6.62. The third kappa shape index (κ3) is 6.79. The van der Waals surface area contributed by atoms with Gasteiger partial charge in [0.25, 0.3) is 0 Å². The number of rotatable bonds is 5. The molecule has 0 fully saturated rings. The van der Waals surface area contributed by atoms with E-state index < -0.39 is 11.9 Å². The maximum atomic E-state index is 10.5. The molecule has 0 saturated heterocycles. The lowest BCUT2D eigenvalue weighted by molar-refractivity contribution is -0.147. The molecule has 0 aliphatic carbocycles. The first kappa shape index (κ1) is 9.90. The van der Waals surface area contributed by atoms with Gasteiger partial charge in [-0.05, 0) is 0 Å². The van der Waals surface area contributed by atoms with Crippen LogP contribution in [0.15, 0.2) is 0 Å². The van der Waals surface area contributed by atoms with Gasteiger partial charge in [0, 0.05) is 6.54 Å². The van der Waals surface area contributed by atoms with Crippen LogP contribution in [0.1, 0.15) is 12.8 Å². The predicted octanol–water partition coefficient (Wildman–Crippen LogP) is -0.323. The Hall–Kier alpha value is -1.10. The van der Waals surface area contributed by atoms with Gasteiger partial charge in [0.2, 0.25) is 0 Å². The van der Waals surface area contributed by atoms with Crippen molar-refractivity contribution in [3.05, 3.63) is 0 Å². The molecule has 0 unspecified atom stereocenters. The number of aliphatic carboxylic acids is 1. The summed E-state index contributed by atoms with van der Waals surface area (Å²) in [5.74, 6) is -1.58. The lowest BCUT2D eigenvalue weighted by Crippen LogP contribution is -2.10. The molecule has 0 aromatic heterocycles. The number of hydrogen-bond donors (Lipinski definition) is 1. The van der Waals surface area contributed by atoms with Crippen molar-refractivity contribution in [1.29, 1.82) is 0 Å². The summed E-state index contributed by atoms with van der Waals surface area (Å²) in [7, 11) is 0. The van der Waals surface area contributed by atoms with Crippen LogP contribution in [0.5, 0.6) is 0 Å². The van der Waals surface area contributed by atoms with Crippen molar-refractivity contribution in [1.82, 2.24) is 5.73 Å². The van der Waals surface area contributed by atoms with Gasteiger partial charge in [-0.1, -0.05) is 0 Å². The van der Waals surface area contributed by atoms with Crippen molar-refractivity contribution in [2.45, 2.75) is 12.8 Å². The van der Waals surface area contributed by atoms with Crippen LogP contribution in [-0.2, 0) is 14.3 Å². The molecule has 5 heteroatoms. The van der Waals surface area contributed by atoms with Crippen LogP contribution < -0.4 is 5.73 Å². The van der Waals surface area contributed by atoms with E-state index in [9.17, 15) is 9.59 Å². The van der Waals surface area contributed by atoms with E-state index in [4.69, 9.17) is 10.8 Å². The van der Waals surface area contributed by atoms with Crippen molar-refractivity contribution in [2.75, 3.05) is 13.2 Å². The summed E-state index contributed by atoms with van der Waals surface area (Å²) in [6, 6.07) is 0. The lowest BCUT2D eigenvalue weighted by atomic mass is 10.3. The van der Waals surface area contributed by atoms with E-state index in [1.807, 2.05) is 0 Å². The van der Waals surface area contributed by atoms with Gasteiger partial charge in [0.1, 0.15) is 6.61 Å². The van der Waals surface area contributed by atoms with Crippen LogP contribution in [0.2, 0.25) is 0 Å². The minimum absolute atomic E-state index is 0.0127. The molecule has 0 saturated carbocycles. The van der Waals surface area contributed by atoms with Crippen LogP contribution in [0, 0.1) is 0 Å². The first-order valence-electron chi connectivity index (χ1n) is 3.19. The highest BCUT2D eigenvalue weighted by Gasteiger charge is 2.04. The number of carbonyl (C=O) groups is 2. The molecule has 0 aromatic rings. The molecule has 0 heterocycles. The molecule has 0 atom stereocenters. The third-order valence-corrected chi connectivity index (χ3v) is 0.908. The van der Waals surface area contributed by atoms with Crippen LogP contribution in [0.4, 0.5) is 0 Å². The molecule has 11 heavy (non-hydrogen) atoms. The molecule has 0 amide bonds. The van der Waals surface area contributed by atoms with E-state index in [1.54, 1.807) is 0 Å². The number of carboxylic acids is 1. The van der Waals surface area contributed by atoms with Gasteiger partial charge in [0.05, 0.1) is 12.8 Å². The van der Waals surface area contributed by atoms with Gasteiger partial charge in [-0.15, -0.1) is 0 Å². The highest BCUT2D eigenvalue weighted by Crippen LogP contribution is 1.91. The van der Waals surface area contributed by atoms with Gasteiger partial charge in [-0.25, -0.2) is 0 Å². The van der Waals surface area contributed by atoms with Crippen molar-refractivity contribution >= 4 is 11.9 Å². The van der Waals surface area contributed by atoms with Crippen molar-refractivity contribution < 1.29 is 19.4 Å². The van der Waals surface area contributed by atoms with Crippen molar-refractivity contribution in [2.24, 2.45) is 0 Å². The summed E-state index contributed by atoms with van der Waals surface area (Å²) in [4.78, 5) is 20.5. The van der Waals surface area contributed by atoms with Crippen LogP contribution in [0.25, 0.3) is 0 Å². The average Bonchev–Trinajstić information content (AvgIpc) is 1.97. The number of esters is 1. The molecule has 0 rings (SSSR count). The van der Waals surface area contributed by atoms with Crippen LogP contribution in [-0.4, -0.2) is 30.2 Å². The van der Waals surface area contributed by atoms with E-state index in [0.717, 1.165) is 0 Å². The normalized spacial score (nSPS) is 9.18. The highest BCUT2D eigenvalue weighted by atomic mass is 16.5. The Balaban J connectivity index is 3.30. The van der Waals surface area contributed by atoms with Gasteiger partial charge in [0.15, 0.2) is 0 Å². The molecular formula is C6H10NO4. The van der Waals surface area contributed by atoms with Crippen LogP contribution >= 0.6 is 0 Å². The van der Waals surface area contributed by atoms with Crippen molar-refractivity contribution in [3.63, 3.8) is 0 Å². The zero-order chi connectivity index (χ0) is 8.69. The lowest BCUT2D eigenvalue weighted by Gasteiger charge is -1.99. The maximum Gasteiger partial charge on any atom is 0.306 e.